The third-order valence-corrected chi connectivity index (χ3v) is 11.0. The zero-order valence-corrected chi connectivity index (χ0v) is 30.9. The largest absolute Gasteiger partial charge is 0.310 e. The van der Waals surface area contributed by atoms with E-state index in [1.807, 2.05) is 6.07 Å². The van der Waals surface area contributed by atoms with Gasteiger partial charge in [-0.05, 0) is 65.4 Å². The predicted octanol–water partition coefficient (Wildman–Crippen LogP) is 14.1. The summed E-state index contributed by atoms with van der Waals surface area (Å²) in [6.45, 7) is 0. The van der Waals surface area contributed by atoms with E-state index in [1.54, 1.807) is 0 Å². The van der Waals surface area contributed by atoms with Gasteiger partial charge in [0, 0.05) is 55.0 Å². The van der Waals surface area contributed by atoms with Gasteiger partial charge in [-0.3, -0.25) is 0 Å². The lowest BCUT2D eigenvalue weighted by Crippen LogP contribution is -2.11. The van der Waals surface area contributed by atoms with Crippen LogP contribution in [0.1, 0.15) is 0 Å². The summed E-state index contributed by atoms with van der Waals surface area (Å²) in [6, 6.07) is 72.6. The molecule has 0 saturated carbocycles. The average Bonchev–Trinajstić information content (AvgIpc) is 3.29. The lowest BCUT2D eigenvalue weighted by atomic mass is 9.92. The smallest absolute Gasteiger partial charge is 0.0972 e. The average molecular weight is 727 g/mol. The highest BCUT2D eigenvalue weighted by atomic mass is 15.1. The molecule has 3 aromatic heterocycles. The highest BCUT2D eigenvalue weighted by Crippen LogP contribution is 2.47. The zero-order chi connectivity index (χ0) is 37.7. The van der Waals surface area contributed by atoms with Crippen molar-refractivity contribution < 1.29 is 0 Å². The molecule has 3 heterocycles. The van der Waals surface area contributed by atoms with Crippen molar-refractivity contribution in [3.63, 3.8) is 0 Å². The minimum atomic E-state index is 0.888. The summed E-state index contributed by atoms with van der Waals surface area (Å²) in [7, 11) is 0. The monoisotopic (exact) mass is 726 g/mol. The minimum absolute atomic E-state index is 0.888. The van der Waals surface area contributed by atoms with Crippen LogP contribution in [0.3, 0.4) is 0 Å². The Labute approximate surface area is 330 Å². The van der Waals surface area contributed by atoms with Crippen molar-refractivity contribution in [1.29, 1.82) is 0 Å². The first kappa shape index (κ1) is 32.7. The van der Waals surface area contributed by atoms with Gasteiger partial charge in [0.05, 0.1) is 39.3 Å². The summed E-state index contributed by atoms with van der Waals surface area (Å²) in [5.74, 6) is 0. The molecule has 266 valence electrons. The number of nitrogens with zero attached hydrogens (tertiary/aromatic N) is 4. The topological polar surface area (TPSA) is 41.9 Å². The van der Waals surface area contributed by atoms with Crippen molar-refractivity contribution in [3.05, 3.63) is 206 Å². The van der Waals surface area contributed by atoms with Gasteiger partial charge in [0.15, 0.2) is 0 Å². The Morgan fingerprint density at radius 2 is 0.860 bits per heavy atom. The highest BCUT2D eigenvalue weighted by molar-refractivity contribution is 6.27. The molecule has 0 aliphatic carbocycles. The van der Waals surface area contributed by atoms with Crippen LogP contribution in [0.15, 0.2) is 206 Å². The Balaban J connectivity index is 1.21. The molecule has 57 heavy (non-hydrogen) atoms. The molecule has 0 bridgehead atoms. The Kier molecular flexibility index (Phi) is 7.78. The first-order valence-corrected chi connectivity index (χ1v) is 19.3. The van der Waals surface area contributed by atoms with Crippen LogP contribution in [-0.4, -0.2) is 15.0 Å². The summed E-state index contributed by atoms with van der Waals surface area (Å²) in [5, 5.41) is 7.78. The summed E-state index contributed by atoms with van der Waals surface area (Å²) < 4.78 is 0. The summed E-state index contributed by atoms with van der Waals surface area (Å²) in [6.07, 6.45) is 0. The van der Waals surface area contributed by atoms with Gasteiger partial charge < -0.3 is 4.90 Å². The second-order valence-electron chi connectivity index (χ2n) is 14.4. The molecular weight excluding hydrogens is 693 g/mol. The van der Waals surface area contributed by atoms with E-state index >= 15 is 0 Å². The molecule has 0 aliphatic rings. The first-order chi connectivity index (χ1) is 28.3. The number of pyridine rings is 3. The van der Waals surface area contributed by atoms with Gasteiger partial charge in [-0.2, -0.15) is 0 Å². The third-order valence-electron chi connectivity index (χ3n) is 11.0. The number of hydrogen-bond acceptors (Lipinski definition) is 4. The fraction of sp³-hybridized carbons (Fsp3) is 0. The van der Waals surface area contributed by atoms with Gasteiger partial charge in [0.2, 0.25) is 0 Å². The normalized spacial score (nSPS) is 11.5. The summed E-state index contributed by atoms with van der Waals surface area (Å²) in [5.41, 5.74) is 11.9. The molecule has 11 rings (SSSR count). The van der Waals surface area contributed by atoms with Crippen molar-refractivity contribution in [2.45, 2.75) is 0 Å². The molecule has 0 atom stereocenters. The molecule has 0 amide bonds. The van der Waals surface area contributed by atoms with Crippen LogP contribution in [0.4, 0.5) is 17.1 Å². The number of anilines is 3. The van der Waals surface area contributed by atoms with Gasteiger partial charge in [0.1, 0.15) is 0 Å². The van der Waals surface area contributed by atoms with Crippen molar-refractivity contribution in [2.75, 3.05) is 4.90 Å². The molecular formula is C53H34N4. The lowest BCUT2D eigenvalue weighted by molar-refractivity contribution is 1.30. The van der Waals surface area contributed by atoms with Crippen LogP contribution >= 0.6 is 0 Å². The molecule has 0 N–H and O–H groups in total. The summed E-state index contributed by atoms with van der Waals surface area (Å²) >= 11 is 0. The molecule has 8 aromatic carbocycles. The quantitative estimate of drug-likeness (QED) is 0.160. The van der Waals surface area contributed by atoms with E-state index in [1.165, 1.54) is 5.39 Å². The fourth-order valence-corrected chi connectivity index (χ4v) is 8.28. The molecule has 4 heteroatoms. The van der Waals surface area contributed by atoms with Crippen LogP contribution in [-0.2, 0) is 0 Å². The van der Waals surface area contributed by atoms with Crippen molar-refractivity contribution in [1.82, 2.24) is 15.0 Å². The van der Waals surface area contributed by atoms with E-state index in [2.05, 4.69) is 205 Å². The number of fused-ring (bicyclic) bond motifs is 8. The van der Waals surface area contributed by atoms with Crippen molar-refractivity contribution in [2.24, 2.45) is 0 Å². The van der Waals surface area contributed by atoms with E-state index in [-0.39, 0.29) is 0 Å². The maximum Gasteiger partial charge on any atom is 0.0972 e. The maximum atomic E-state index is 5.52. The van der Waals surface area contributed by atoms with Crippen LogP contribution in [0.2, 0.25) is 0 Å². The Morgan fingerprint density at radius 1 is 0.333 bits per heavy atom. The van der Waals surface area contributed by atoms with E-state index in [4.69, 9.17) is 15.0 Å². The van der Waals surface area contributed by atoms with E-state index < -0.39 is 0 Å². The maximum absolute atomic E-state index is 5.52. The zero-order valence-electron chi connectivity index (χ0n) is 30.9. The fourth-order valence-electron chi connectivity index (χ4n) is 8.28. The lowest BCUT2D eigenvalue weighted by Gasteiger charge is -2.28. The van der Waals surface area contributed by atoms with E-state index in [0.29, 0.717) is 0 Å². The van der Waals surface area contributed by atoms with Gasteiger partial charge in [-0.15, -0.1) is 0 Å². The second kappa shape index (κ2) is 13.6. The first-order valence-electron chi connectivity index (χ1n) is 19.3. The molecule has 4 nitrogen and oxygen atoms in total. The van der Waals surface area contributed by atoms with Gasteiger partial charge >= 0.3 is 0 Å². The van der Waals surface area contributed by atoms with Crippen LogP contribution in [0, 0.1) is 0 Å². The Morgan fingerprint density at radius 3 is 1.49 bits per heavy atom. The summed E-state index contributed by atoms with van der Waals surface area (Å²) in [4.78, 5) is 18.4. The highest BCUT2D eigenvalue weighted by Gasteiger charge is 2.23. The number of para-hydroxylation sites is 2. The molecule has 0 aliphatic heterocycles. The van der Waals surface area contributed by atoms with Crippen LogP contribution in [0.25, 0.3) is 88.0 Å². The molecule has 0 unspecified atom stereocenters. The number of rotatable bonds is 6. The molecule has 0 spiro atoms. The standard InChI is InChI=1S/C53H34N4/c1-5-15-35(16-6-1)45-30-27-37-25-26-38-28-31-46(55-53(38)52(37)54-45)40-29-32-47-44(33-40)49-43-24-14-13-19-39(43)34-48(50(49)51(56-47)36-17-7-2-8-18-36)57(41-20-9-3-10-21-41)42-22-11-4-12-23-42/h1-34H. The predicted molar refractivity (Wildman–Crippen MR) is 238 cm³/mol. The number of benzene rings is 8. The second-order valence-corrected chi connectivity index (χ2v) is 14.4. The third kappa shape index (κ3) is 5.66. The number of hydrogen-bond donors (Lipinski definition) is 0. The van der Waals surface area contributed by atoms with Crippen molar-refractivity contribution in [3.8, 4) is 33.8 Å². The van der Waals surface area contributed by atoms with Gasteiger partial charge in [-0.1, -0.05) is 152 Å². The Hall–Kier alpha value is -7.69. The van der Waals surface area contributed by atoms with Crippen molar-refractivity contribution >= 4 is 71.3 Å². The Bertz CT molecular complexity index is 3240. The van der Waals surface area contributed by atoms with E-state index in [0.717, 1.165) is 99.7 Å². The molecule has 0 saturated heterocycles. The van der Waals surface area contributed by atoms with Crippen LogP contribution < -0.4 is 4.90 Å². The van der Waals surface area contributed by atoms with E-state index in [9.17, 15) is 0 Å². The van der Waals surface area contributed by atoms with Gasteiger partial charge in [0.25, 0.3) is 0 Å². The SMILES string of the molecule is c1ccc(-c2ccc3ccc4ccc(-c5ccc6nc(-c7ccccc7)c7c(N(c8ccccc8)c8ccccc8)cc8ccccc8c7c6c5)nc4c3n2)cc1. The molecule has 11 aromatic rings. The van der Waals surface area contributed by atoms with Crippen LogP contribution in [0.5, 0.6) is 0 Å². The molecule has 0 radical (unpaired) electrons. The molecule has 0 fully saturated rings. The van der Waals surface area contributed by atoms with Gasteiger partial charge in [-0.25, -0.2) is 15.0 Å². The number of aromatic nitrogens is 3. The minimum Gasteiger partial charge on any atom is -0.310 e.